The highest BCUT2D eigenvalue weighted by atomic mass is 32.2. The fourth-order valence-corrected chi connectivity index (χ4v) is 5.84. The van der Waals surface area contributed by atoms with Gasteiger partial charge < -0.3 is 9.87 Å². The highest BCUT2D eigenvalue weighted by molar-refractivity contribution is 8.07. The van der Waals surface area contributed by atoms with Crippen molar-refractivity contribution in [2.45, 2.75) is 39.0 Å². The summed E-state index contributed by atoms with van der Waals surface area (Å²) < 4.78 is 59.9. The SMILES string of the molecule is CC(C)[N+]1(S(=O)(=O)[O-])C(S(=O)(=O)C(C)C)=NC2=C1CNC2. The molecule has 10 heteroatoms. The second kappa shape index (κ2) is 4.85. The van der Waals surface area contributed by atoms with Gasteiger partial charge in [-0.05, 0) is 27.7 Å². The Bertz CT molecular complexity index is 734. The van der Waals surface area contributed by atoms with Crippen LogP contribution in [0.15, 0.2) is 16.4 Å². The van der Waals surface area contributed by atoms with Crippen LogP contribution in [0.2, 0.25) is 0 Å². The average Bonchev–Trinajstić information content (AvgIpc) is 2.84. The van der Waals surface area contributed by atoms with Gasteiger partial charge in [-0.1, -0.05) is 0 Å². The third-order valence-electron chi connectivity index (χ3n) is 3.79. The fraction of sp³-hybridized carbons (Fsp3) is 0.727. The summed E-state index contributed by atoms with van der Waals surface area (Å²) in [5.41, 5.74) is 0.557. The molecule has 120 valence electrons. The van der Waals surface area contributed by atoms with E-state index in [9.17, 15) is 21.4 Å². The zero-order valence-corrected chi connectivity index (χ0v) is 14.0. The van der Waals surface area contributed by atoms with Crippen LogP contribution in [0.4, 0.5) is 0 Å². The van der Waals surface area contributed by atoms with Crippen molar-refractivity contribution in [2.24, 2.45) is 4.99 Å². The molecular weight excluding hydrogens is 318 g/mol. The van der Waals surface area contributed by atoms with Crippen LogP contribution in [-0.4, -0.2) is 54.8 Å². The van der Waals surface area contributed by atoms with E-state index in [1.165, 1.54) is 27.7 Å². The van der Waals surface area contributed by atoms with Crippen LogP contribution < -0.4 is 5.32 Å². The van der Waals surface area contributed by atoms with Gasteiger partial charge in [0.15, 0.2) is 5.70 Å². The summed E-state index contributed by atoms with van der Waals surface area (Å²) in [6, 6.07) is -0.785. The number of hydrogen-bond acceptors (Lipinski definition) is 7. The minimum Gasteiger partial charge on any atom is -0.701 e. The molecule has 21 heavy (non-hydrogen) atoms. The number of quaternary nitrogens is 1. The predicted molar refractivity (Wildman–Crippen MR) is 76.5 cm³/mol. The first-order valence-corrected chi connectivity index (χ1v) is 9.49. The summed E-state index contributed by atoms with van der Waals surface area (Å²) in [5, 5.41) is 1.49. The maximum atomic E-state index is 12.5. The van der Waals surface area contributed by atoms with E-state index >= 15 is 0 Å². The summed E-state index contributed by atoms with van der Waals surface area (Å²) >= 11 is 0. The lowest BCUT2D eigenvalue weighted by Gasteiger charge is -2.39. The topological polar surface area (TPSA) is 116 Å². The molecule has 0 aromatic carbocycles. The first-order valence-electron chi connectivity index (χ1n) is 6.58. The minimum atomic E-state index is -5.00. The third kappa shape index (κ3) is 2.08. The lowest BCUT2D eigenvalue weighted by molar-refractivity contribution is -0.693. The molecule has 0 aromatic rings. The normalized spacial score (nSPS) is 26.7. The van der Waals surface area contributed by atoms with Gasteiger partial charge in [0.25, 0.3) is 20.1 Å². The molecule has 0 saturated heterocycles. The van der Waals surface area contributed by atoms with Crippen LogP contribution in [0.1, 0.15) is 27.7 Å². The highest BCUT2D eigenvalue weighted by Crippen LogP contribution is 2.40. The molecule has 1 atom stereocenters. The number of hydrogen-bond donors (Lipinski definition) is 1. The van der Waals surface area contributed by atoms with Crippen LogP contribution in [0.3, 0.4) is 0 Å². The number of rotatable bonds is 3. The molecule has 0 aromatic heterocycles. The minimum absolute atomic E-state index is 0.135. The van der Waals surface area contributed by atoms with Crippen molar-refractivity contribution in [2.75, 3.05) is 13.1 Å². The Morgan fingerprint density at radius 1 is 1.14 bits per heavy atom. The Morgan fingerprint density at radius 2 is 1.71 bits per heavy atom. The summed E-state index contributed by atoms with van der Waals surface area (Å²) in [4.78, 5) is 4.02. The van der Waals surface area contributed by atoms with Crippen molar-refractivity contribution >= 4 is 25.3 Å². The molecule has 0 amide bonds. The average molecular weight is 337 g/mol. The summed E-state index contributed by atoms with van der Waals surface area (Å²) in [6.07, 6.45) is 0. The first-order chi connectivity index (χ1) is 9.47. The standard InChI is InChI=1S/C11H19N3O5S2/c1-7(2)14(21(17,18)19)10-6-12-5-9(10)13-11(14)20(15,16)8(3)4/h7-8,12H,5-6H2,1-4H3. The monoisotopic (exact) mass is 337 g/mol. The molecule has 2 rings (SSSR count). The van der Waals surface area contributed by atoms with Crippen LogP contribution in [0.5, 0.6) is 0 Å². The number of nitrogens with zero attached hydrogens (tertiary/aromatic N) is 2. The van der Waals surface area contributed by atoms with E-state index in [0.29, 0.717) is 5.70 Å². The van der Waals surface area contributed by atoms with Crippen LogP contribution >= 0.6 is 0 Å². The van der Waals surface area contributed by atoms with Crippen LogP contribution in [0, 0.1) is 0 Å². The van der Waals surface area contributed by atoms with Gasteiger partial charge >= 0.3 is 5.17 Å². The number of aliphatic imine (C=N–C) groups is 1. The lowest BCUT2D eigenvalue weighted by atomic mass is 10.3. The van der Waals surface area contributed by atoms with E-state index < -0.39 is 40.5 Å². The van der Waals surface area contributed by atoms with Gasteiger partial charge in [-0.3, -0.25) is 0 Å². The van der Waals surface area contributed by atoms with Gasteiger partial charge in [-0.2, -0.15) is 13.4 Å². The zero-order chi connectivity index (χ0) is 16.2. The zero-order valence-electron chi connectivity index (χ0n) is 12.3. The van der Waals surface area contributed by atoms with Gasteiger partial charge in [0.1, 0.15) is 11.7 Å². The van der Waals surface area contributed by atoms with Gasteiger partial charge in [0.05, 0.1) is 11.8 Å². The third-order valence-corrected chi connectivity index (χ3v) is 7.55. The summed E-state index contributed by atoms with van der Waals surface area (Å²) in [7, 11) is -8.98. The Labute approximate surface area is 124 Å². The van der Waals surface area contributed by atoms with E-state index in [4.69, 9.17) is 0 Å². The quantitative estimate of drug-likeness (QED) is 0.557. The van der Waals surface area contributed by atoms with E-state index in [0.717, 1.165) is 0 Å². The predicted octanol–water partition coefficient (Wildman–Crippen LogP) is -0.321. The van der Waals surface area contributed by atoms with Gasteiger partial charge in [0, 0.05) is 6.54 Å². The van der Waals surface area contributed by atoms with E-state index in [1.54, 1.807) is 0 Å². The van der Waals surface area contributed by atoms with Crippen molar-refractivity contribution in [3.8, 4) is 0 Å². The molecular formula is C11H19N3O5S2. The Kier molecular flexibility index (Phi) is 3.82. The molecule has 0 saturated carbocycles. The maximum absolute atomic E-state index is 12.5. The molecule has 2 aliphatic rings. The van der Waals surface area contributed by atoms with Crippen LogP contribution in [0.25, 0.3) is 0 Å². The molecule has 1 unspecified atom stereocenters. The molecule has 8 nitrogen and oxygen atoms in total. The van der Waals surface area contributed by atoms with E-state index in [2.05, 4.69) is 10.3 Å². The van der Waals surface area contributed by atoms with Crippen molar-refractivity contribution in [1.82, 2.24) is 5.32 Å². The van der Waals surface area contributed by atoms with Gasteiger partial charge in [0.2, 0.25) is 0 Å². The lowest BCUT2D eigenvalue weighted by Crippen LogP contribution is -2.62. The van der Waals surface area contributed by atoms with Crippen molar-refractivity contribution < 1.29 is 25.3 Å². The van der Waals surface area contributed by atoms with Gasteiger partial charge in [-0.25, -0.2) is 8.42 Å². The molecule has 2 aliphatic heterocycles. The van der Waals surface area contributed by atoms with Gasteiger partial charge in [-0.15, -0.1) is 3.89 Å². The Hall–Kier alpha value is -0.810. The summed E-state index contributed by atoms with van der Waals surface area (Å²) in [6.45, 7) is 6.28. The molecule has 0 radical (unpaired) electrons. The number of sulfone groups is 1. The molecule has 0 aliphatic carbocycles. The Morgan fingerprint density at radius 3 is 2.14 bits per heavy atom. The fourth-order valence-electron chi connectivity index (χ4n) is 2.71. The first kappa shape index (κ1) is 16.6. The number of nitrogens with one attached hydrogen (secondary N) is 1. The molecule has 2 heterocycles. The smallest absolute Gasteiger partial charge is 0.342 e. The largest absolute Gasteiger partial charge is 0.701 e. The van der Waals surface area contributed by atoms with E-state index in [-0.39, 0.29) is 18.8 Å². The van der Waals surface area contributed by atoms with E-state index in [1.807, 2.05) is 0 Å². The second-order valence-corrected chi connectivity index (χ2v) is 9.49. The maximum Gasteiger partial charge on any atom is 0.342 e. The summed E-state index contributed by atoms with van der Waals surface area (Å²) in [5.74, 6) is 0. The molecule has 1 N–H and O–H groups in total. The van der Waals surface area contributed by atoms with Crippen molar-refractivity contribution in [1.29, 1.82) is 0 Å². The molecule has 0 bridgehead atoms. The van der Waals surface area contributed by atoms with Crippen molar-refractivity contribution in [3.05, 3.63) is 11.4 Å². The number of amidine groups is 1. The Balaban J connectivity index is 2.84. The van der Waals surface area contributed by atoms with Crippen molar-refractivity contribution in [3.63, 3.8) is 0 Å². The molecule has 0 spiro atoms. The van der Waals surface area contributed by atoms with Crippen LogP contribution in [-0.2, 0) is 20.1 Å². The second-order valence-electron chi connectivity index (χ2n) is 5.66. The molecule has 0 fully saturated rings. The highest BCUT2D eigenvalue weighted by Gasteiger charge is 2.60.